The van der Waals surface area contributed by atoms with Crippen LogP contribution in [0, 0.1) is 11.5 Å². The molecule has 1 N–H and O–H groups in total. The van der Waals surface area contributed by atoms with Crippen LogP contribution in [0.5, 0.6) is 0 Å². The van der Waals surface area contributed by atoms with Gasteiger partial charge < -0.3 is 5.11 Å². The molecular weight excluding hydrogens is 411 g/mol. The Bertz CT molecular complexity index is 801. The van der Waals surface area contributed by atoms with Gasteiger partial charge >= 0.3 is 0 Å². The van der Waals surface area contributed by atoms with E-state index in [0.717, 1.165) is 6.42 Å². The van der Waals surface area contributed by atoms with Crippen LogP contribution in [0.3, 0.4) is 0 Å². The van der Waals surface area contributed by atoms with Gasteiger partial charge in [-0.05, 0) is 32.6 Å². The number of hydrogen-bond donors (Lipinski definition) is 1. The number of benzene rings is 2. The third-order valence-electron chi connectivity index (χ3n) is 4.56. The molecule has 1 aliphatic carbocycles. The third kappa shape index (κ3) is 7.76. The summed E-state index contributed by atoms with van der Waals surface area (Å²) < 4.78 is 0. The minimum atomic E-state index is 0. The molecule has 0 saturated heterocycles. The van der Waals surface area contributed by atoms with Crippen LogP contribution in [0.15, 0.2) is 53.1 Å². The van der Waals surface area contributed by atoms with Crippen LogP contribution < -0.4 is 0 Å². The largest absolute Gasteiger partial charge is 0.396 e. The minimum absolute atomic E-state index is 0. The SMILES string of the molecule is CC(C)(C)CO.CC1=C(C)C(C)=C(c2[c-]c3ccccc3cc2)C1.Cl.Cl.[Ti]. The average molecular weight is 442 g/mol. The van der Waals surface area contributed by atoms with Gasteiger partial charge in [-0.15, -0.1) is 60.0 Å². The molecule has 0 amide bonds. The smallest absolute Gasteiger partial charge is 0.0479 e. The number of hydrogen-bond acceptors (Lipinski definition) is 1. The molecule has 0 radical (unpaired) electrons. The summed E-state index contributed by atoms with van der Waals surface area (Å²) in [5, 5.41) is 10.9. The Morgan fingerprint density at radius 3 is 1.96 bits per heavy atom. The van der Waals surface area contributed by atoms with Crippen LogP contribution in [0.1, 0.15) is 53.5 Å². The quantitative estimate of drug-likeness (QED) is 0.372. The van der Waals surface area contributed by atoms with Crippen LogP contribution in [-0.2, 0) is 21.7 Å². The second-order valence-electron chi connectivity index (χ2n) is 7.86. The normalized spacial score (nSPS) is 13.3. The van der Waals surface area contributed by atoms with E-state index in [-0.39, 0.29) is 58.6 Å². The Morgan fingerprint density at radius 1 is 0.926 bits per heavy atom. The second kappa shape index (κ2) is 12.1. The molecule has 3 rings (SSSR count). The minimum Gasteiger partial charge on any atom is -0.396 e. The van der Waals surface area contributed by atoms with Gasteiger partial charge in [0.15, 0.2) is 0 Å². The first-order valence-electron chi connectivity index (χ1n) is 8.61. The molecule has 0 atom stereocenters. The molecule has 2 aromatic carbocycles. The van der Waals surface area contributed by atoms with Crippen molar-refractivity contribution in [3.63, 3.8) is 0 Å². The van der Waals surface area contributed by atoms with Gasteiger partial charge in [0.1, 0.15) is 0 Å². The number of aliphatic hydroxyl groups excluding tert-OH is 1. The molecular formula is C23H31Cl2OTi-. The predicted octanol–water partition coefficient (Wildman–Crippen LogP) is 7.02. The maximum Gasteiger partial charge on any atom is 0.0479 e. The summed E-state index contributed by atoms with van der Waals surface area (Å²) in [6.45, 7) is 12.9. The van der Waals surface area contributed by atoms with Gasteiger partial charge in [-0.3, -0.25) is 0 Å². The zero-order valence-corrected chi connectivity index (χ0v) is 20.3. The van der Waals surface area contributed by atoms with Gasteiger partial charge in [0, 0.05) is 28.3 Å². The zero-order valence-electron chi connectivity index (χ0n) is 17.1. The molecule has 0 aliphatic heterocycles. The Hall–Kier alpha value is -0.566. The first-order valence-corrected chi connectivity index (χ1v) is 8.61. The van der Waals surface area contributed by atoms with E-state index >= 15 is 0 Å². The molecule has 4 heteroatoms. The first-order chi connectivity index (χ1) is 11.2. The fourth-order valence-electron chi connectivity index (χ4n) is 2.67. The molecule has 27 heavy (non-hydrogen) atoms. The standard InChI is InChI=1S/C18H17.C5H12O.2ClH.Ti/c1-12-10-18(14(3)13(12)2)17-9-8-15-6-4-5-7-16(15)11-17;1-5(2,3)4-6;;;/h4-9H,10H2,1-3H3;6H,4H2,1-3H3;2*1H;/q-1;;;;. The molecule has 2 aromatic rings. The molecule has 0 bridgehead atoms. The number of halogens is 2. The molecule has 0 spiro atoms. The van der Waals surface area contributed by atoms with Crippen molar-refractivity contribution in [2.75, 3.05) is 6.61 Å². The first kappa shape index (κ1) is 28.6. The number of rotatable bonds is 1. The van der Waals surface area contributed by atoms with Crippen molar-refractivity contribution in [2.24, 2.45) is 5.41 Å². The van der Waals surface area contributed by atoms with E-state index in [2.05, 4.69) is 63.2 Å². The molecule has 148 valence electrons. The molecule has 0 heterocycles. The molecule has 0 aromatic heterocycles. The van der Waals surface area contributed by atoms with Gasteiger partial charge in [0.25, 0.3) is 0 Å². The molecule has 0 fully saturated rings. The fourth-order valence-corrected chi connectivity index (χ4v) is 2.67. The van der Waals surface area contributed by atoms with Crippen molar-refractivity contribution in [1.29, 1.82) is 0 Å². The molecule has 0 saturated carbocycles. The number of allylic oxidation sites excluding steroid dienone is 4. The van der Waals surface area contributed by atoms with E-state index in [0.29, 0.717) is 0 Å². The number of aliphatic hydroxyl groups is 1. The van der Waals surface area contributed by atoms with Gasteiger partial charge in [0.2, 0.25) is 0 Å². The van der Waals surface area contributed by atoms with Crippen molar-refractivity contribution < 1.29 is 26.8 Å². The summed E-state index contributed by atoms with van der Waals surface area (Å²) in [7, 11) is 0. The summed E-state index contributed by atoms with van der Waals surface area (Å²) in [4.78, 5) is 0. The van der Waals surface area contributed by atoms with E-state index < -0.39 is 0 Å². The zero-order chi connectivity index (χ0) is 17.9. The summed E-state index contributed by atoms with van der Waals surface area (Å²) in [6, 6.07) is 16.4. The molecule has 1 nitrogen and oxygen atoms in total. The predicted molar refractivity (Wildman–Crippen MR) is 119 cm³/mol. The van der Waals surface area contributed by atoms with Crippen LogP contribution in [-0.4, -0.2) is 11.7 Å². The van der Waals surface area contributed by atoms with Crippen molar-refractivity contribution in [1.82, 2.24) is 0 Å². The Kier molecular flexibility index (Phi) is 12.8. The maximum absolute atomic E-state index is 8.40. The summed E-state index contributed by atoms with van der Waals surface area (Å²) in [6.07, 6.45) is 1.08. The summed E-state index contributed by atoms with van der Waals surface area (Å²) >= 11 is 0. The van der Waals surface area contributed by atoms with Gasteiger partial charge in [-0.1, -0.05) is 66.6 Å². The van der Waals surface area contributed by atoms with Gasteiger partial charge in [-0.2, -0.15) is 0 Å². The number of fused-ring (bicyclic) bond motifs is 1. The van der Waals surface area contributed by atoms with E-state index in [1.807, 2.05) is 20.8 Å². The second-order valence-corrected chi connectivity index (χ2v) is 7.86. The van der Waals surface area contributed by atoms with Crippen LogP contribution in [0.2, 0.25) is 0 Å². The molecule has 0 unspecified atom stereocenters. The third-order valence-corrected chi connectivity index (χ3v) is 4.56. The van der Waals surface area contributed by atoms with E-state index in [1.54, 1.807) is 0 Å². The monoisotopic (exact) mass is 441 g/mol. The Balaban J connectivity index is 0. The van der Waals surface area contributed by atoms with Crippen LogP contribution in [0.4, 0.5) is 0 Å². The van der Waals surface area contributed by atoms with E-state index in [1.165, 1.54) is 38.6 Å². The van der Waals surface area contributed by atoms with Crippen molar-refractivity contribution in [2.45, 2.75) is 48.0 Å². The van der Waals surface area contributed by atoms with E-state index in [4.69, 9.17) is 5.11 Å². The van der Waals surface area contributed by atoms with Crippen molar-refractivity contribution in [3.8, 4) is 0 Å². The van der Waals surface area contributed by atoms with Crippen LogP contribution in [0.25, 0.3) is 16.3 Å². The summed E-state index contributed by atoms with van der Waals surface area (Å²) in [5.41, 5.74) is 7.16. The maximum atomic E-state index is 8.40. The fraction of sp³-hybridized carbons (Fsp3) is 0.391. The van der Waals surface area contributed by atoms with Crippen molar-refractivity contribution >= 4 is 41.2 Å². The average Bonchev–Trinajstić information content (AvgIpc) is 2.82. The summed E-state index contributed by atoms with van der Waals surface area (Å²) in [5.74, 6) is 0. The van der Waals surface area contributed by atoms with E-state index in [9.17, 15) is 0 Å². The molecule has 1 aliphatic rings. The topological polar surface area (TPSA) is 20.2 Å². The Labute approximate surface area is 192 Å². The van der Waals surface area contributed by atoms with Crippen molar-refractivity contribution in [3.05, 3.63) is 64.7 Å². The van der Waals surface area contributed by atoms with Gasteiger partial charge in [0.05, 0.1) is 0 Å². The van der Waals surface area contributed by atoms with Crippen LogP contribution >= 0.6 is 24.8 Å². The Morgan fingerprint density at radius 2 is 1.48 bits per heavy atom. The van der Waals surface area contributed by atoms with Gasteiger partial charge in [-0.25, -0.2) is 0 Å².